The van der Waals surface area contributed by atoms with E-state index in [2.05, 4.69) is 20.7 Å². The first-order valence-electron chi connectivity index (χ1n) is 11.8. The number of halogens is 2. The molecule has 2 atom stereocenters. The summed E-state index contributed by atoms with van der Waals surface area (Å²) in [6.07, 6.45) is -0.298. The molecule has 4 N–H and O–H groups in total. The Balaban J connectivity index is 1.48. The minimum absolute atomic E-state index is 0.0102. The molecule has 0 aromatic heterocycles. The van der Waals surface area contributed by atoms with Crippen LogP contribution in [0.1, 0.15) is 16.7 Å². The summed E-state index contributed by atoms with van der Waals surface area (Å²) in [4.78, 5) is 27.5. The Morgan fingerprint density at radius 1 is 1.03 bits per heavy atom. The Morgan fingerprint density at radius 2 is 1.73 bits per heavy atom. The number of hydrogen-bond donors (Lipinski definition) is 4. The molecule has 1 aliphatic rings. The summed E-state index contributed by atoms with van der Waals surface area (Å²) in [5, 5.41) is 18.4. The van der Waals surface area contributed by atoms with Gasteiger partial charge in [-0.15, -0.1) is 0 Å². The molecular weight excluding hydrogens is 482 g/mol. The van der Waals surface area contributed by atoms with Crippen LogP contribution in [0.5, 0.6) is 11.5 Å². The van der Waals surface area contributed by atoms with Crippen molar-refractivity contribution >= 4 is 11.9 Å². The zero-order chi connectivity index (χ0) is 26.2. The van der Waals surface area contributed by atoms with E-state index in [1.54, 1.807) is 30.3 Å². The van der Waals surface area contributed by atoms with Crippen LogP contribution in [0.25, 0.3) is 0 Å². The first kappa shape index (κ1) is 25.9. The van der Waals surface area contributed by atoms with Crippen molar-refractivity contribution in [2.45, 2.75) is 38.3 Å². The van der Waals surface area contributed by atoms with Crippen LogP contribution in [-0.4, -0.2) is 47.3 Å². The molecule has 1 aliphatic heterocycles. The topological polar surface area (TPSA) is 103 Å². The molecule has 10 heteroatoms. The molecule has 3 aromatic rings. The summed E-state index contributed by atoms with van der Waals surface area (Å²) >= 11 is 0. The van der Waals surface area contributed by atoms with Gasteiger partial charge in [-0.25, -0.2) is 4.79 Å². The zero-order valence-corrected chi connectivity index (χ0v) is 19.9. The lowest BCUT2D eigenvalue weighted by atomic mass is 10.0. The van der Waals surface area contributed by atoms with E-state index in [0.717, 1.165) is 11.1 Å². The summed E-state index contributed by atoms with van der Waals surface area (Å²) in [5.41, 5.74) is 2.17. The van der Waals surface area contributed by atoms with E-state index in [0.29, 0.717) is 18.5 Å². The van der Waals surface area contributed by atoms with Gasteiger partial charge in [-0.3, -0.25) is 10.1 Å². The number of hydrogen-bond acceptors (Lipinski definition) is 5. The second kappa shape index (κ2) is 12.2. The number of carbonyl (C=O) groups is 2. The molecule has 8 nitrogen and oxygen atoms in total. The maximum absolute atomic E-state index is 13.4. The maximum atomic E-state index is 13.4. The molecule has 0 spiro atoms. The third-order valence-electron chi connectivity index (χ3n) is 5.94. The lowest BCUT2D eigenvalue weighted by molar-refractivity contribution is -0.138. The Bertz CT molecular complexity index is 1190. The number of carbonyl (C=O) groups excluding carboxylic acids is 2. The number of para-hydroxylation sites is 1. The van der Waals surface area contributed by atoms with Gasteiger partial charge >= 0.3 is 12.6 Å². The van der Waals surface area contributed by atoms with Crippen LogP contribution in [0.2, 0.25) is 0 Å². The standard InChI is InChI=1S/C27H28F2N4O4/c28-26(29)37-23-9-5-4-8-20(23)16-33-17-24(32-27(36)30-15-19-6-2-1-3-7-19)31-22(25(33)35)14-18-10-12-21(34)13-11-18/h1-13,22,24,26,31,34H,14-17H2,(H2,30,32,36)/t22-,24-/m0/s1. The highest BCUT2D eigenvalue weighted by Crippen LogP contribution is 2.24. The van der Waals surface area contributed by atoms with Gasteiger partial charge in [-0.05, 0) is 35.7 Å². The van der Waals surface area contributed by atoms with Crippen molar-refractivity contribution in [3.8, 4) is 11.5 Å². The maximum Gasteiger partial charge on any atom is 0.387 e. The lowest BCUT2D eigenvalue weighted by Gasteiger charge is -2.39. The van der Waals surface area contributed by atoms with Crippen molar-refractivity contribution in [1.82, 2.24) is 20.9 Å². The predicted molar refractivity (Wildman–Crippen MR) is 133 cm³/mol. The predicted octanol–water partition coefficient (Wildman–Crippen LogP) is 3.36. The number of amides is 3. The monoisotopic (exact) mass is 510 g/mol. The highest BCUT2D eigenvalue weighted by molar-refractivity contribution is 5.83. The Hall–Kier alpha value is -4.18. The fraction of sp³-hybridized carbons (Fsp3) is 0.259. The number of phenolic OH excluding ortho intramolecular Hbond substituents is 1. The summed E-state index contributed by atoms with van der Waals surface area (Å²) in [7, 11) is 0. The number of rotatable bonds is 9. The summed E-state index contributed by atoms with van der Waals surface area (Å²) in [6.45, 7) is -2.52. The second-order valence-electron chi connectivity index (χ2n) is 8.66. The molecule has 0 radical (unpaired) electrons. The van der Waals surface area contributed by atoms with Crippen molar-refractivity contribution in [2.75, 3.05) is 6.54 Å². The molecular formula is C27H28F2N4O4. The fourth-order valence-electron chi connectivity index (χ4n) is 4.18. The van der Waals surface area contributed by atoms with Crippen LogP contribution < -0.4 is 20.7 Å². The van der Waals surface area contributed by atoms with Crippen LogP contribution in [0.3, 0.4) is 0 Å². The van der Waals surface area contributed by atoms with E-state index in [1.165, 1.54) is 23.1 Å². The zero-order valence-electron chi connectivity index (χ0n) is 19.9. The number of benzene rings is 3. The molecule has 1 fully saturated rings. The SMILES string of the molecule is O=C(NCc1ccccc1)N[C@H]1CN(Cc2ccccc2OC(F)F)C(=O)[C@H](Cc2ccc(O)cc2)N1. The number of nitrogens with one attached hydrogen (secondary N) is 3. The van der Waals surface area contributed by atoms with Gasteiger partial charge < -0.3 is 25.4 Å². The Morgan fingerprint density at radius 3 is 2.46 bits per heavy atom. The van der Waals surface area contributed by atoms with Gasteiger partial charge in [-0.2, -0.15) is 8.78 Å². The molecule has 194 valence electrons. The molecule has 3 amide bonds. The highest BCUT2D eigenvalue weighted by atomic mass is 19.3. The van der Waals surface area contributed by atoms with Crippen LogP contribution in [-0.2, 0) is 24.3 Å². The van der Waals surface area contributed by atoms with Crippen molar-refractivity contribution in [3.05, 3.63) is 95.6 Å². The van der Waals surface area contributed by atoms with Crippen molar-refractivity contribution in [2.24, 2.45) is 0 Å². The molecule has 0 saturated carbocycles. The van der Waals surface area contributed by atoms with Gasteiger partial charge in [0.25, 0.3) is 0 Å². The summed E-state index contributed by atoms with van der Waals surface area (Å²) in [5.74, 6) is -0.148. The number of ether oxygens (including phenoxy) is 1. The van der Waals surface area contributed by atoms with Crippen molar-refractivity contribution in [1.29, 1.82) is 0 Å². The molecule has 1 saturated heterocycles. The minimum Gasteiger partial charge on any atom is -0.508 e. The second-order valence-corrected chi connectivity index (χ2v) is 8.66. The molecule has 0 aliphatic carbocycles. The molecule has 0 unspecified atom stereocenters. The van der Waals surface area contributed by atoms with E-state index < -0.39 is 24.9 Å². The van der Waals surface area contributed by atoms with Crippen LogP contribution in [0.15, 0.2) is 78.9 Å². The van der Waals surface area contributed by atoms with Crippen LogP contribution in [0, 0.1) is 0 Å². The van der Waals surface area contributed by atoms with E-state index in [4.69, 9.17) is 0 Å². The van der Waals surface area contributed by atoms with Crippen LogP contribution in [0.4, 0.5) is 13.6 Å². The van der Waals surface area contributed by atoms with Crippen LogP contribution >= 0.6 is 0 Å². The summed E-state index contributed by atoms with van der Waals surface area (Å²) in [6, 6.07) is 21.1. The van der Waals surface area contributed by atoms with Crippen molar-refractivity contribution in [3.63, 3.8) is 0 Å². The fourth-order valence-corrected chi connectivity index (χ4v) is 4.18. The number of alkyl halides is 2. The van der Waals surface area contributed by atoms with Gasteiger partial charge in [0.1, 0.15) is 11.5 Å². The van der Waals surface area contributed by atoms with Gasteiger partial charge in [0, 0.05) is 18.7 Å². The number of piperazine rings is 1. The largest absolute Gasteiger partial charge is 0.508 e. The van der Waals surface area contributed by atoms with Gasteiger partial charge in [0.2, 0.25) is 5.91 Å². The normalized spacial score (nSPS) is 17.5. The Kier molecular flexibility index (Phi) is 8.52. The molecule has 4 rings (SSSR count). The van der Waals surface area contributed by atoms with E-state index in [1.807, 2.05) is 30.3 Å². The lowest BCUT2D eigenvalue weighted by Crippen LogP contribution is -2.66. The summed E-state index contributed by atoms with van der Waals surface area (Å²) < 4.78 is 30.4. The van der Waals surface area contributed by atoms with Crippen molar-refractivity contribution < 1.29 is 28.2 Å². The number of aromatic hydroxyl groups is 1. The van der Waals surface area contributed by atoms with E-state index in [9.17, 15) is 23.5 Å². The average Bonchev–Trinajstić information content (AvgIpc) is 2.88. The number of urea groups is 1. The number of phenols is 1. The molecule has 1 heterocycles. The van der Waals surface area contributed by atoms with Gasteiger partial charge in [0.05, 0.1) is 18.8 Å². The smallest absolute Gasteiger partial charge is 0.387 e. The average molecular weight is 511 g/mol. The quantitative estimate of drug-likeness (QED) is 0.354. The van der Waals surface area contributed by atoms with E-state index in [-0.39, 0.29) is 30.5 Å². The minimum atomic E-state index is -3.00. The van der Waals surface area contributed by atoms with Gasteiger partial charge in [-0.1, -0.05) is 60.7 Å². The number of nitrogens with zero attached hydrogens (tertiary/aromatic N) is 1. The third kappa shape index (κ3) is 7.40. The van der Waals surface area contributed by atoms with Gasteiger partial charge in [0.15, 0.2) is 0 Å². The first-order chi connectivity index (χ1) is 17.9. The Labute approximate surface area is 213 Å². The first-order valence-corrected chi connectivity index (χ1v) is 11.8. The molecule has 0 bridgehead atoms. The van der Waals surface area contributed by atoms with E-state index >= 15 is 0 Å². The highest BCUT2D eigenvalue weighted by Gasteiger charge is 2.35. The molecule has 37 heavy (non-hydrogen) atoms. The molecule has 3 aromatic carbocycles. The third-order valence-corrected chi connectivity index (χ3v) is 5.94.